The summed E-state index contributed by atoms with van der Waals surface area (Å²) in [5.41, 5.74) is 1.84. The molecule has 0 bridgehead atoms. The summed E-state index contributed by atoms with van der Waals surface area (Å²) in [4.78, 5) is 9.45. The number of anilines is 3. The van der Waals surface area contributed by atoms with Gasteiger partial charge in [0.05, 0.1) is 34.2 Å². The van der Waals surface area contributed by atoms with Crippen LogP contribution in [0.3, 0.4) is 0 Å². The molecule has 9 heteroatoms. The third-order valence-corrected chi connectivity index (χ3v) is 6.75. The van der Waals surface area contributed by atoms with Gasteiger partial charge < -0.3 is 21.1 Å². The van der Waals surface area contributed by atoms with Crippen LogP contribution in [0.1, 0.15) is 44.6 Å². The summed E-state index contributed by atoms with van der Waals surface area (Å²) in [5, 5.41) is 26.7. The molecular weight excluding hydrogens is 386 g/mol. The molecule has 0 spiro atoms. The number of nitrogens with zero attached hydrogens (tertiary/aromatic N) is 4. The van der Waals surface area contributed by atoms with Gasteiger partial charge in [-0.2, -0.15) is 10.1 Å². The van der Waals surface area contributed by atoms with Gasteiger partial charge in [0, 0.05) is 18.8 Å². The third kappa shape index (κ3) is 4.22. The highest BCUT2D eigenvalue weighted by atomic mass is 32.1. The van der Waals surface area contributed by atoms with E-state index in [4.69, 9.17) is 4.98 Å². The first kappa shape index (κ1) is 18.8. The molecule has 1 atom stereocenters. The summed E-state index contributed by atoms with van der Waals surface area (Å²) >= 11 is 1.65. The first-order valence-electron chi connectivity index (χ1n) is 10.5. The van der Waals surface area contributed by atoms with Crippen molar-refractivity contribution in [3.05, 3.63) is 23.8 Å². The SMILES string of the molecule is O[C@H]1CC[C@H](Nc2nc(Nc3cnn(C4CCCNC4)c3)nc3ccsc23)CC1. The van der Waals surface area contributed by atoms with Crippen molar-refractivity contribution in [1.29, 1.82) is 0 Å². The second-order valence-electron chi connectivity index (χ2n) is 8.01. The molecule has 3 aromatic rings. The number of thiophene rings is 1. The van der Waals surface area contributed by atoms with Gasteiger partial charge in [-0.25, -0.2) is 4.98 Å². The summed E-state index contributed by atoms with van der Waals surface area (Å²) in [6.07, 6.45) is 9.65. The highest BCUT2D eigenvalue weighted by molar-refractivity contribution is 7.17. The Morgan fingerprint density at radius 1 is 1.17 bits per heavy atom. The number of aromatic nitrogens is 4. The zero-order valence-electron chi connectivity index (χ0n) is 16.3. The van der Waals surface area contributed by atoms with Crippen molar-refractivity contribution in [2.24, 2.45) is 0 Å². The molecule has 8 nitrogen and oxygen atoms in total. The van der Waals surface area contributed by atoms with Crippen LogP contribution in [0.5, 0.6) is 0 Å². The molecule has 3 aromatic heterocycles. The van der Waals surface area contributed by atoms with Crippen LogP contribution < -0.4 is 16.0 Å². The van der Waals surface area contributed by atoms with E-state index in [0.717, 1.165) is 66.9 Å². The van der Waals surface area contributed by atoms with Crippen molar-refractivity contribution >= 4 is 39.0 Å². The second kappa shape index (κ2) is 8.25. The molecule has 1 saturated heterocycles. The minimum absolute atomic E-state index is 0.159. The van der Waals surface area contributed by atoms with Gasteiger partial charge in [-0.1, -0.05) is 0 Å². The average molecular weight is 414 g/mol. The first-order chi connectivity index (χ1) is 14.2. The molecule has 2 fully saturated rings. The van der Waals surface area contributed by atoms with Gasteiger partial charge in [0.2, 0.25) is 5.95 Å². The molecule has 1 unspecified atom stereocenters. The maximum Gasteiger partial charge on any atom is 0.229 e. The topological polar surface area (TPSA) is 99.9 Å². The van der Waals surface area contributed by atoms with Gasteiger partial charge in [0.25, 0.3) is 0 Å². The first-order valence-corrected chi connectivity index (χ1v) is 11.3. The summed E-state index contributed by atoms with van der Waals surface area (Å²) in [6, 6.07) is 2.77. The predicted molar refractivity (Wildman–Crippen MR) is 116 cm³/mol. The molecule has 1 aliphatic carbocycles. The molecule has 0 amide bonds. The van der Waals surface area contributed by atoms with Crippen molar-refractivity contribution in [3.63, 3.8) is 0 Å². The molecule has 5 rings (SSSR count). The Balaban J connectivity index is 1.34. The molecule has 0 aromatic carbocycles. The monoisotopic (exact) mass is 413 g/mol. The van der Waals surface area contributed by atoms with E-state index in [9.17, 15) is 5.11 Å². The van der Waals surface area contributed by atoms with Crippen LogP contribution in [0, 0.1) is 0 Å². The van der Waals surface area contributed by atoms with Crippen LogP contribution in [0.2, 0.25) is 0 Å². The number of hydrogen-bond acceptors (Lipinski definition) is 8. The fourth-order valence-corrected chi connectivity index (χ4v) is 5.00. The molecule has 4 heterocycles. The number of hydrogen-bond donors (Lipinski definition) is 4. The lowest BCUT2D eigenvalue weighted by atomic mass is 9.93. The Hall–Kier alpha value is -2.23. The minimum Gasteiger partial charge on any atom is -0.393 e. The van der Waals surface area contributed by atoms with Gasteiger partial charge in [0.15, 0.2) is 0 Å². The van der Waals surface area contributed by atoms with E-state index in [1.165, 1.54) is 6.42 Å². The maximum absolute atomic E-state index is 9.76. The van der Waals surface area contributed by atoms with Gasteiger partial charge in [-0.3, -0.25) is 4.68 Å². The average Bonchev–Trinajstić information content (AvgIpc) is 3.40. The molecule has 2 aliphatic rings. The zero-order valence-corrected chi connectivity index (χ0v) is 17.2. The largest absolute Gasteiger partial charge is 0.393 e. The number of aliphatic hydroxyl groups is 1. The lowest BCUT2D eigenvalue weighted by Crippen LogP contribution is -2.31. The third-order valence-electron chi connectivity index (χ3n) is 5.84. The summed E-state index contributed by atoms with van der Waals surface area (Å²) < 4.78 is 3.11. The van der Waals surface area contributed by atoms with E-state index in [2.05, 4.69) is 26.0 Å². The fraction of sp³-hybridized carbons (Fsp3) is 0.550. The maximum atomic E-state index is 9.76. The van der Waals surface area contributed by atoms with Crippen LogP contribution >= 0.6 is 11.3 Å². The van der Waals surface area contributed by atoms with E-state index in [1.807, 2.05) is 28.5 Å². The number of fused-ring (bicyclic) bond motifs is 1. The van der Waals surface area contributed by atoms with Gasteiger partial charge >= 0.3 is 0 Å². The molecule has 4 N–H and O–H groups in total. The van der Waals surface area contributed by atoms with Crippen LogP contribution in [-0.2, 0) is 0 Å². The molecule has 29 heavy (non-hydrogen) atoms. The zero-order chi connectivity index (χ0) is 19.6. The second-order valence-corrected chi connectivity index (χ2v) is 8.93. The van der Waals surface area contributed by atoms with E-state index >= 15 is 0 Å². The number of aliphatic hydroxyl groups excluding tert-OH is 1. The molecule has 1 aliphatic heterocycles. The quantitative estimate of drug-likeness (QED) is 0.509. The normalized spacial score (nSPS) is 25.2. The molecule has 154 valence electrons. The highest BCUT2D eigenvalue weighted by Crippen LogP contribution is 2.31. The van der Waals surface area contributed by atoms with E-state index in [0.29, 0.717) is 18.0 Å². The van der Waals surface area contributed by atoms with Crippen LogP contribution in [-0.4, -0.2) is 50.1 Å². The Labute approximate surface area is 173 Å². The van der Waals surface area contributed by atoms with Crippen LogP contribution in [0.4, 0.5) is 17.5 Å². The van der Waals surface area contributed by atoms with E-state index in [1.54, 1.807) is 11.3 Å². The van der Waals surface area contributed by atoms with Crippen molar-refractivity contribution in [1.82, 2.24) is 25.1 Å². The number of piperidine rings is 1. The van der Waals surface area contributed by atoms with Crippen LogP contribution in [0.15, 0.2) is 23.8 Å². The van der Waals surface area contributed by atoms with Crippen molar-refractivity contribution < 1.29 is 5.11 Å². The number of rotatable bonds is 5. The molecular formula is C20H27N7OS. The van der Waals surface area contributed by atoms with Crippen molar-refractivity contribution in [3.8, 4) is 0 Å². The van der Waals surface area contributed by atoms with Gasteiger partial charge in [0.1, 0.15) is 5.82 Å². The van der Waals surface area contributed by atoms with E-state index in [-0.39, 0.29) is 6.10 Å². The standard InChI is InChI=1S/C20H27N7OS/c28-16-5-3-13(4-6-16)23-19-18-17(7-9-29-18)25-20(26-19)24-14-10-22-27(12-14)15-2-1-8-21-11-15/h7,9-10,12-13,15-16,21,28H,1-6,8,11H2,(H2,23,24,25,26)/t13-,15?,16-. The van der Waals surface area contributed by atoms with Crippen molar-refractivity contribution in [2.45, 2.75) is 56.7 Å². The lowest BCUT2D eigenvalue weighted by Gasteiger charge is -2.26. The van der Waals surface area contributed by atoms with Crippen LogP contribution in [0.25, 0.3) is 10.2 Å². The summed E-state index contributed by atoms with van der Waals surface area (Å²) in [6.45, 7) is 2.05. The number of nitrogens with one attached hydrogen (secondary N) is 3. The van der Waals surface area contributed by atoms with E-state index < -0.39 is 0 Å². The summed E-state index contributed by atoms with van der Waals surface area (Å²) in [5.74, 6) is 1.45. The Morgan fingerprint density at radius 3 is 2.90 bits per heavy atom. The van der Waals surface area contributed by atoms with Crippen molar-refractivity contribution in [2.75, 3.05) is 23.7 Å². The predicted octanol–water partition coefficient (Wildman–Crippen LogP) is 3.27. The van der Waals surface area contributed by atoms with Gasteiger partial charge in [-0.05, 0) is 56.5 Å². The Kier molecular flexibility index (Phi) is 5.34. The Bertz CT molecular complexity index is 957. The van der Waals surface area contributed by atoms with Gasteiger partial charge in [-0.15, -0.1) is 11.3 Å². The molecule has 0 radical (unpaired) electrons. The molecule has 1 saturated carbocycles. The fourth-order valence-electron chi connectivity index (χ4n) is 4.22. The minimum atomic E-state index is -0.159. The lowest BCUT2D eigenvalue weighted by molar-refractivity contribution is 0.126. The smallest absolute Gasteiger partial charge is 0.229 e. The highest BCUT2D eigenvalue weighted by Gasteiger charge is 2.21. The summed E-state index contributed by atoms with van der Waals surface area (Å²) in [7, 11) is 0. The Morgan fingerprint density at radius 2 is 2.07 bits per heavy atom.